The molecule has 2 atom stereocenters. The number of carboxylic acids is 1. The Morgan fingerprint density at radius 1 is 1.48 bits per heavy atom. The molecular formula is C14H26N2O5. The largest absolute Gasteiger partial charge is 0.480 e. The van der Waals surface area contributed by atoms with Crippen LogP contribution < -0.4 is 5.73 Å². The summed E-state index contributed by atoms with van der Waals surface area (Å²) in [5, 5.41) is 8.75. The maximum atomic E-state index is 12.2. The van der Waals surface area contributed by atoms with E-state index in [1.54, 1.807) is 4.90 Å². The fraction of sp³-hybridized carbons (Fsp3) is 0.857. The normalized spacial score (nSPS) is 21.0. The highest BCUT2D eigenvalue weighted by Crippen LogP contribution is 2.18. The average Bonchev–Trinajstić information content (AvgIpc) is 2.37. The molecule has 1 aliphatic heterocycles. The number of nitrogens with two attached hydrogens (primary N) is 1. The lowest BCUT2D eigenvalue weighted by molar-refractivity contribution is -0.138. The minimum Gasteiger partial charge on any atom is -0.480 e. The van der Waals surface area contributed by atoms with Crippen molar-refractivity contribution >= 4 is 12.1 Å². The molecule has 1 rings (SSSR count). The van der Waals surface area contributed by atoms with Crippen LogP contribution in [-0.4, -0.2) is 59.5 Å². The van der Waals surface area contributed by atoms with E-state index in [0.29, 0.717) is 39.0 Å². The van der Waals surface area contributed by atoms with E-state index in [2.05, 4.69) is 0 Å². The van der Waals surface area contributed by atoms with Gasteiger partial charge in [0.2, 0.25) is 0 Å². The number of carboxylic acid groups (broad SMARTS) is 1. The topological polar surface area (TPSA) is 102 Å². The molecule has 0 aromatic heterocycles. The van der Waals surface area contributed by atoms with E-state index in [1.807, 2.05) is 20.8 Å². The highest BCUT2D eigenvalue weighted by atomic mass is 16.6. The van der Waals surface area contributed by atoms with Crippen molar-refractivity contribution < 1.29 is 24.2 Å². The Morgan fingerprint density at radius 3 is 2.71 bits per heavy atom. The second-order valence-electron chi connectivity index (χ2n) is 6.28. The molecule has 122 valence electrons. The van der Waals surface area contributed by atoms with Crippen molar-refractivity contribution in [3.63, 3.8) is 0 Å². The second kappa shape index (κ2) is 7.61. The molecule has 3 N–H and O–H groups in total. The van der Waals surface area contributed by atoms with Gasteiger partial charge in [-0.2, -0.15) is 0 Å². The average molecular weight is 302 g/mol. The zero-order chi connectivity index (χ0) is 16.0. The molecule has 0 aliphatic carbocycles. The van der Waals surface area contributed by atoms with Crippen LogP contribution in [-0.2, 0) is 14.3 Å². The van der Waals surface area contributed by atoms with E-state index < -0.39 is 17.6 Å². The Bertz CT molecular complexity index is 367. The first kappa shape index (κ1) is 17.7. The van der Waals surface area contributed by atoms with Gasteiger partial charge in [-0.15, -0.1) is 0 Å². The fourth-order valence-corrected chi connectivity index (χ4v) is 2.15. The highest BCUT2D eigenvalue weighted by Gasteiger charge is 2.30. The van der Waals surface area contributed by atoms with E-state index >= 15 is 0 Å². The van der Waals surface area contributed by atoms with Gasteiger partial charge in [0.05, 0.1) is 19.3 Å². The Balaban J connectivity index is 2.49. The number of nitrogens with zero attached hydrogens (tertiary/aromatic N) is 1. The lowest BCUT2D eigenvalue weighted by Gasteiger charge is -2.36. The summed E-state index contributed by atoms with van der Waals surface area (Å²) in [5.41, 5.74) is 4.94. The van der Waals surface area contributed by atoms with E-state index in [9.17, 15) is 9.59 Å². The third-order valence-corrected chi connectivity index (χ3v) is 3.23. The maximum Gasteiger partial charge on any atom is 0.410 e. The summed E-state index contributed by atoms with van der Waals surface area (Å²) in [4.78, 5) is 24.5. The summed E-state index contributed by atoms with van der Waals surface area (Å²) in [6.07, 6.45) is 1.31. The molecule has 0 aromatic carbocycles. The number of amides is 1. The van der Waals surface area contributed by atoms with Crippen LogP contribution in [0.5, 0.6) is 0 Å². The van der Waals surface area contributed by atoms with Crippen molar-refractivity contribution in [2.75, 3.05) is 19.8 Å². The fourth-order valence-electron chi connectivity index (χ4n) is 2.15. The van der Waals surface area contributed by atoms with Gasteiger partial charge in [-0.3, -0.25) is 4.79 Å². The van der Waals surface area contributed by atoms with Crippen LogP contribution in [0.3, 0.4) is 0 Å². The predicted octanol–water partition coefficient (Wildman–Crippen LogP) is 1.20. The number of aliphatic carboxylic acids is 1. The molecule has 0 radical (unpaired) electrons. The number of morpholine rings is 1. The Hall–Kier alpha value is -1.34. The monoisotopic (exact) mass is 302 g/mol. The summed E-state index contributed by atoms with van der Waals surface area (Å²) < 4.78 is 10.8. The van der Waals surface area contributed by atoms with Crippen LogP contribution in [0.15, 0.2) is 0 Å². The molecule has 0 saturated carbocycles. The van der Waals surface area contributed by atoms with Crippen molar-refractivity contribution in [2.45, 2.75) is 57.7 Å². The van der Waals surface area contributed by atoms with Gasteiger partial charge < -0.3 is 25.2 Å². The summed E-state index contributed by atoms with van der Waals surface area (Å²) >= 11 is 0. The van der Waals surface area contributed by atoms with Gasteiger partial charge >= 0.3 is 12.1 Å². The predicted molar refractivity (Wildman–Crippen MR) is 77.0 cm³/mol. The molecule has 21 heavy (non-hydrogen) atoms. The minimum absolute atomic E-state index is 0.0883. The van der Waals surface area contributed by atoms with Crippen molar-refractivity contribution in [3.05, 3.63) is 0 Å². The van der Waals surface area contributed by atoms with Crippen LogP contribution in [0.2, 0.25) is 0 Å². The Morgan fingerprint density at radius 2 is 2.14 bits per heavy atom. The molecule has 0 aromatic rings. The van der Waals surface area contributed by atoms with Crippen LogP contribution in [0.25, 0.3) is 0 Å². The van der Waals surface area contributed by atoms with Crippen LogP contribution in [0, 0.1) is 0 Å². The molecule has 0 bridgehead atoms. The standard InChI is InChI=1S/C14H26N2O5/c1-14(2,3)21-13(19)16-7-8-20-9-10(16)5-4-6-11(15)12(17)18/h10-11H,4-9,15H2,1-3H3,(H,17,18)/t10?,11-/m0/s1. The van der Waals surface area contributed by atoms with Crippen LogP contribution >= 0.6 is 0 Å². The van der Waals surface area contributed by atoms with Gasteiger partial charge in [0, 0.05) is 6.54 Å². The van der Waals surface area contributed by atoms with Gasteiger partial charge in [0.25, 0.3) is 0 Å². The van der Waals surface area contributed by atoms with Crippen LogP contribution in [0.1, 0.15) is 40.0 Å². The Labute approximate surface area is 125 Å². The second-order valence-corrected chi connectivity index (χ2v) is 6.28. The summed E-state index contributed by atoms with van der Waals surface area (Å²) in [5.74, 6) is -1.00. The van der Waals surface area contributed by atoms with E-state index in [1.165, 1.54) is 0 Å². The highest BCUT2D eigenvalue weighted by molar-refractivity contribution is 5.73. The maximum absolute atomic E-state index is 12.2. The molecule has 1 saturated heterocycles. The molecule has 1 aliphatic rings. The summed E-state index contributed by atoms with van der Waals surface area (Å²) in [6.45, 7) is 6.90. The van der Waals surface area contributed by atoms with Crippen molar-refractivity contribution in [2.24, 2.45) is 5.73 Å². The van der Waals surface area contributed by atoms with E-state index in [0.717, 1.165) is 0 Å². The van der Waals surface area contributed by atoms with Gasteiger partial charge in [-0.1, -0.05) is 0 Å². The van der Waals surface area contributed by atoms with E-state index in [-0.39, 0.29) is 12.1 Å². The Kier molecular flexibility index (Phi) is 6.42. The minimum atomic E-state index is -1.00. The van der Waals surface area contributed by atoms with E-state index in [4.69, 9.17) is 20.3 Å². The lowest BCUT2D eigenvalue weighted by atomic mass is 10.0. The third-order valence-electron chi connectivity index (χ3n) is 3.23. The quantitative estimate of drug-likeness (QED) is 0.791. The van der Waals surface area contributed by atoms with Crippen molar-refractivity contribution in [3.8, 4) is 0 Å². The molecule has 7 heteroatoms. The zero-order valence-electron chi connectivity index (χ0n) is 13.0. The first-order chi connectivity index (χ1) is 9.70. The number of hydrogen-bond donors (Lipinski definition) is 2. The SMILES string of the molecule is CC(C)(C)OC(=O)N1CCOCC1CCC[C@H](N)C(=O)O. The molecular weight excluding hydrogens is 276 g/mol. The molecule has 1 heterocycles. The number of rotatable bonds is 5. The lowest BCUT2D eigenvalue weighted by Crippen LogP contribution is -2.50. The van der Waals surface area contributed by atoms with Crippen LogP contribution in [0.4, 0.5) is 4.79 Å². The number of ether oxygens (including phenoxy) is 2. The van der Waals surface area contributed by atoms with Gasteiger partial charge in [0.1, 0.15) is 11.6 Å². The summed E-state index contributed by atoms with van der Waals surface area (Å²) in [6, 6.07) is -0.945. The molecule has 7 nitrogen and oxygen atoms in total. The number of hydrogen-bond acceptors (Lipinski definition) is 5. The van der Waals surface area contributed by atoms with Gasteiger partial charge in [-0.05, 0) is 40.0 Å². The first-order valence-electron chi connectivity index (χ1n) is 7.26. The molecule has 1 unspecified atom stereocenters. The third kappa shape index (κ3) is 6.31. The molecule has 0 spiro atoms. The summed E-state index contributed by atoms with van der Waals surface area (Å²) in [7, 11) is 0. The zero-order valence-corrected chi connectivity index (χ0v) is 13.0. The van der Waals surface area contributed by atoms with Gasteiger partial charge in [0.15, 0.2) is 0 Å². The first-order valence-corrected chi connectivity index (χ1v) is 7.26. The smallest absolute Gasteiger partial charge is 0.410 e. The van der Waals surface area contributed by atoms with Crippen molar-refractivity contribution in [1.29, 1.82) is 0 Å². The molecule has 1 amide bonds. The number of carbonyl (C=O) groups excluding carboxylic acids is 1. The number of carbonyl (C=O) groups is 2. The molecule has 1 fully saturated rings. The van der Waals surface area contributed by atoms with Gasteiger partial charge in [-0.25, -0.2) is 4.79 Å². The van der Waals surface area contributed by atoms with Crippen molar-refractivity contribution in [1.82, 2.24) is 4.90 Å².